The summed E-state index contributed by atoms with van der Waals surface area (Å²) in [6.45, 7) is 11.3. The van der Waals surface area contributed by atoms with Crippen molar-refractivity contribution in [3.05, 3.63) is 82.9 Å². The van der Waals surface area contributed by atoms with E-state index in [1.807, 2.05) is 23.0 Å². The first-order valence-electron chi connectivity index (χ1n) is 15.0. The fraction of sp³-hybridized carbons (Fsp3) is 0.485. The topological polar surface area (TPSA) is 67.7 Å². The van der Waals surface area contributed by atoms with E-state index in [4.69, 9.17) is 4.74 Å². The molecular formula is C33H41FN4O3S. The molecule has 42 heavy (non-hydrogen) atoms. The number of hydrogen-bond donors (Lipinski definition) is 0. The van der Waals surface area contributed by atoms with Gasteiger partial charge in [0.25, 0.3) is 0 Å². The first-order valence-corrected chi connectivity index (χ1v) is 16.4. The minimum Gasteiger partial charge on any atom is -0.379 e. The fourth-order valence-corrected chi connectivity index (χ4v) is 8.09. The highest BCUT2D eigenvalue weighted by atomic mass is 32.2. The van der Waals surface area contributed by atoms with Crippen molar-refractivity contribution in [2.45, 2.75) is 56.8 Å². The Hall–Kier alpha value is -2.85. The van der Waals surface area contributed by atoms with Gasteiger partial charge in [-0.25, -0.2) is 17.5 Å². The van der Waals surface area contributed by atoms with Crippen molar-refractivity contribution in [2.24, 2.45) is 5.41 Å². The highest BCUT2D eigenvalue weighted by molar-refractivity contribution is 7.89. The number of fused-ring (bicyclic) bond motifs is 2. The van der Waals surface area contributed by atoms with E-state index in [0.717, 1.165) is 42.1 Å². The minimum atomic E-state index is -3.69. The molecule has 2 aliphatic heterocycles. The Bertz CT molecular complexity index is 1550. The molecule has 3 aromatic rings. The summed E-state index contributed by atoms with van der Waals surface area (Å²) in [6.07, 6.45) is 7.75. The summed E-state index contributed by atoms with van der Waals surface area (Å²) >= 11 is 0. The quantitative estimate of drug-likeness (QED) is 0.326. The van der Waals surface area contributed by atoms with E-state index in [1.54, 1.807) is 28.6 Å². The molecule has 0 saturated carbocycles. The molecule has 0 radical (unpaired) electrons. The summed E-state index contributed by atoms with van der Waals surface area (Å²) < 4.78 is 51.3. The Morgan fingerprint density at radius 1 is 1.00 bits per heavy atom. The molecule has 6 rings (SSSR count). The maximum Gasteiger partial charge on any atom is 0.243 e. The van der Waals surface area contributed by atoms with Crippen LogP contribution in [0.25, 0.3) is 11.8 Å². The van der Waals surface area contributed by atoms with Crippen molar-refractivity contribution in [1.82, 2.24) is 19.0 Å². The van der Waals surface area contributed by atoms with E-state index in [2.05, 4.69) is 36.8 Å². The summed E-state index contributed by atoms with van der Waals surface area (Å²) in [5.41, 5.74) is 4.56. The predicted molar refractivity (Wildman–Crippen MR) is 163 cm³/mol. The Morgan fingerprint density at radius 3 is 2.40 bits per heavy atom. The zero-order valence-electron chi connectivity index (χ0n) is 24.9. The second-order valence-electron chi connectivity index (χ2n) is 13.0. The van der Waals surface area contributed by atoms with Crippen molar-refractivity contribution in [1.29, 1.82) is 0 Å². The Kier molecular flexibility index (Phi) is 7.89. The number of ether oxygens (including phenoxy) is 1. The van der Waals surface area contributed by atoms with E-state index in [1.165, 1.54) is 30.5 Å². The van der Waals surface area contributed by atoms with Crippen LogP contribution in [0.4, 0.5) is 4.39 Å². The third-order valence-electron chi connectivity index (χ3n) is 9.07. The molecule has 7 nitrogen and oxygen atoms in total. The molecule has 0 spiro atoms. The van der Waals surface area contributed by atoms with Gasteiger partial charge in [-0.15, -0.1) is 0 Å². The van der Waals surface area contributed by atoms with Crippen molar-refractivity contribution in [2.75, 3.05) is 45.9 Å². The number of piperidine rings is 1. The summed E-state index contributed by atoms with van der Waals surface area (Å²) in [5, 5.41) is 4.65. The number of nitrogens with zero attached hydrogens (tertiary/aromatic N) is 4. The molecule has 1 unspecified atom stereocenters. The van der Waals surface area contributed by atoms with Crippen LogP contribution < -0.4 is 0 Å². The van der Waals surface area contributed by atoms with Gasteiger partial charge in [0.2, 0.25) is 10.0 Å². The van der Waals surface area contributed by atoms with Crippen LogP contribution in [0.5, 0.6) is 0 Å². The van der Waals surface area contributed by atoms with Crippen molar-refractivity contribution >= 4 is 16.1 Å². The molecule has 224 valence electrons. The van der Waals surface area contributed by atoms with Gasteiger partial charge in [-0.2, -0.15) is 9.40 Å². The number of likely N-dealkylation sites (tertiary alicyclic amines) is 1. The van der Waals surface area contributed by atoms with E-state index in [-0.39, 0.29) is 11.2 Å². The van der Waals surface area contributed by atoms with Crippen LogP contribution in [0.2, 0.25) is 0 Å². The van der Waals surface area contributed by atoms with Gasteiger partial charge in [0.05, 0.1) is 35.7 Å². The number of sulfonamides is 1. The second kappa shape index (κ2) is 11.3. The molecule has 3 aliphatic rings. The van der Waals surface area contributed by atoms with Gasteiger partial charge in [0, 0.05) is 25.0 Å². The lowest BCUT2D eigenvalue weighted by Crippen LogP contribution is -2.51. The standard InChI is InChI=1S/C33H41FN4O3S/c1-32(2,3)26-6-12-30(13-7-26)42(39,40)37-17-14-27-20-31-25(22-35-38(31)29-10-8-28(34)9-11-29)21-33(27,23-37)24-41-19-18-36-15-4-5-16-36/h6-13,20,22H,4-5,14-19,21,23-24H2,1-3H3. The lowest BCUT2D eigenvalue weighted by molar-refractivity contribution is 0.0325. The molecule has 0 N–H and O–H groups in total. The highest BCUT2D eigenvalue weighted by Gasteiger charge is 2.46. The maximum atomic E-state index is 13.9. The van der Waals surface area contributed by atoms with Crippen LogP contribution in [0.15, 0.2) is 65.2 Å². The Morgan fingerprint density at radius 2 is 1.71 bits per heavy atom. The Balaban J connectivity index is 1.28. The molecule has 9 heteroatoms. The van der Waals surface area contributed by atoms with Crippen LogP contribution in [0, 0.1) is 11.2 Å². The molecule has 0 bridgehead atoms. The van der Waals surface area contributed by atoms with Gasteiger partial charge in [-0.1, -0.05) is 38.5 Å². The van der Waals surface area contributed by atoms with Gasteiger partial charge in [-0.3, -0.25) is 0 Å². The summed E-state index contributed by atoms with van der Waals surface area (Å²) in [7, 11) is -3.69. The maximum absolute atomic E-state index is 13.9. The summed E-state index contributed by atoms with van der Waals surface area (Å²) in [5.74, 6) is -0.287. The molecule has 3 heterocycles. The average molecular weight is 593 g/mol. The minimum absolute atomic E-state index is 0.0538. The zero-order valence-corrected chi connectivity index (χ0v) is 25.7. The highest BCUT2D eigenvalue weighted by Crippen LogP contribution is 2.45. The summed E-state index contributed by atoms with van der Waals surface area (Å²) in [4.78, 5) is 2.76. The van der Waals surface area contributed by atoms with Gasteiger partial charge in [-0.05, 0) is 97.8 Å². The average Bonchev–Trinajstić information content (AvgIpc) is 3.64. The first kappa shape index (κ1) is 29.2. The second-order valence-corrected chi connectivity index (χ2v) is 15.0. The smallest absolute Gasteiger partial charge is 0.243 e. The lowest BCUT2D eigenvalue weighted by Gasteiger charge is -2.46. The van der Waals surface area contributed by atoms with Gasteiger partial charge in [0.15, 0.2) is 0 Å². The number of halogens is 1. The van der Waals surface area contributed by atoms with E-state index >= 15 is 0 Å². The SMILES string of the molecule is CC(C)(C)c1ccc(S(=O)(=O)N2CCC3=Cc4c(cnn4-c4ccc(F)cc4)CC3(COCCN3CCCC3)C2)cc1. The third kappa shape index (κ3) is 5.72. The molecule has 0 amide bonds. The molecule has 1 aromatic heterocycles. The van der Waals surface area contributed by atoms with Crippen LogP contribution in [0.3, 0.4) is 0 Å². The first-order chi connectivity index (χ1) is 20.0. The normalized spacial score (nSPS) is 21.7. The van der Waals surface area contributed by atoms with Gasteiger partial charge >= 0.3 is 0 Å². The molecule has 1 aliphatic carbocycles. The van der Waals surface area contributed by atoms with Crippen molar-refractivity contribution in [3.63, 3.8) is 0 Å². The van der Waals surface area contributed by atoms with Crippen LogP contribution in [-0.4, -0.2) is 73.3 Å². The molecule has 1 atom stereocenters. The van der Waals surface area contributed by atoms with Crippen LogP contribution in [0.1, 0.15) is 56.9 Å². The summed E-state index contributed by atoms with van der Waals surface area (Å²) in [6, 6.07) is 13.7. The van der Waals surface area contributed by atoms with E-state index in [0.29, 0.717) is 44.0 Å². The largest absolute Gasteiger partial charge is 0.379 e. The fourth-order valence-electron chi connectivity index (χ4n) is 6.56. The van der Waals surface area contributed by atoms with Gasteiger partial charge < -0.3 is 9.64 Å². The van der Waals surface area contributed by atoms with Crippen molar-refractivity contribution < 1.29 is 17.5 Å². The van der Waals surface area contributed by atoms with Gasteiger partial charge in [0.1, 0.15) is 5.82 Å². The predicted octanol–water partition coefficient (Wildman–Crippen LogP) is 5.44. The van der Waals surface area contributed by atoms with E-state index < -0.39 is 15.4 Å². The zero-order chi connectivity index (χ0) is 29.5. The number of aromatic nitrogens is 2. The third-order valence-corrected chi connectivity index (χ3v) is 10.9. The van der Waals surface area contributed by atoms with Crippen molar-refractivity contribution in [3.8, 4) is 5.69 Å². The number of hydrogen-bond acceptors (Lipinski definition) is 5. The lowest BCUT2D eigenvalue weighted by atomic mass is 9.69. The monoisotopic (exact) mass is 592 g/mol. The molecule has 2 aromatic carbocycles. The number of rotatable bonds is 8. The molecule has 2 saturated heterocycles. The van der Waals surface area contributed by atoms with Crippen LogP contribution >= 0.6 is 0 Å². The number of benzene rings is 2. The molecular weight excluding hydrogens is 551 g/mol. The van der Waals surface area contributed by atoms with E-state index in [9.17, 15) is 12.8 Å². The molecule has 2 fully saturated rings. The van der Waals surface area contributed by atoms with Crippen LogP contribution in [-0.2, 0) is 26.6 Å². The Labute approximate surface area is 249 Å².